The van der Waals surface area contributed by atoms with Crippen LogP contribution in [0.1, 0.15) is 60.9 Å². The average Bonchev–Trinajstić information content (AvgIpc) is 3.22. The van der Waals surface area contributed by atoms with Crippen LogP contribution in [0.3, 0.4) is 0 Å². The number of phenolic OH excluding ortho intramolecular Hbond substituents is 1. The molecule has 0 saturated heterocycles. The van der Waals surface area contributed by atoms with Gasteiger partial charge in [0, 0.05) is 35.7 Å². The van der Waals surface area contributed by atoms with E-state index in [0.717, 1.165) is 29.0 Å². The van der Waals surface area contributed by atoms with Gasteiger partial charge in [0.1, 0.15) is 12.1 Å². The summed E-state index contributed by atoms with van der Waals surface area (Å²) in [7, 11) is 3.56. The molecule has 35 heavy (non-hydrogen) atoms. The number of nitrogens with zero attached hydrogens (tertiary/aromatic N) is 2. The SMILES string of the molecule is CNC1CCCCC1.COc1c(O)ccc(-c2nc3cc(C=O)ccc3n2CCCC(N)=O)c1C. The summed E-state index contributed by atoms with van der Waals surface area (Å²) in [6.45, 7) is 2.38. The summed E-state index contributed by atoms with van der Waals surface area (Å²) in [4.78, 5) is 26.9. The fourth-order valence-corrected chi connectivity index (χ4v) is 4.63. The van der Waals surface area contributed by atoms with Crippen molar-refractivity contribution in [3.63, 3.8) is 0 Å². The highest BCUT2D eigenvalue weighted by molar-refractivity contribution is 5.88. The Labute approximate surface area is 206 Å². The number of carbonyl (C=O) groups excluding carboxylic acids is 2. The highest BCUT2D eigenvalue weighted by Crippen LogP contribution is 2.37. The van der Waals surface area contributed by atoms with Gasteiger partial charge < -0.3 is 25.5 Å². The van der Waals surface area contributed by atoms with E-state index in [0.29, 0.717) is 35.6 Å². The van der Waals surface area contributed by atoms with Crippen LogP contribution in [0.2, 0.25) is 0 Å². The number of nitrogens with one attached hydrogen (secondary N) is 1. The predicted molar refractivity (Wildman–Crippen MR) is 138 cm³/mol. The molecule has 1 aliphatic rings. The number of phenols is 1. The summed E-state index contributed by atoms with van der Waals surface area (Å²) in [6.07, 6.45) is 8.74. The zero-order valence-electron chi connectivity index (χ0n) is 20.8. The maximum atomic E-state index is 11.1. The van der Waals surface area contributed by atoms with Crippen molar-refractivity contribution in [3.8, 4) is 22.9 Å². The van der Waals surface area contributed by atoms with Crippen molar-refractivity contribution in [3.05, 3.63) is 41.5 Å². The number of hydrogen-bond acceptors (Lipinski definition) is 6. The number of primary amides is 1. The minimum atomic E-state index is -0.355. The topological polar surface area (TPSA) is 119 Å². The van der Waals surface area contributed by atoms with Gasteiger partial charge in [-0.25, -0.2) is 4.98 Å². The van der Waals surface area contributed by atoms with Crippen molar-refractivity contribution < 1.29 is 19.4 Å². The smallest absolute Gasteiger partial charge is 0.217 e. The molecule has 0 bridgehead atoms. The zero-order valence-corrected chi connectivity index (χ0v) is 20.8. The minimum Gasteiger partial charge on any atom is -0.504 e. The van der Waals surface area contributed by atoms with Gasteiger partial charge in [-0.1, -0.05) is 19.3 Å². The van der Waals surface area contributed by atoms with E-state index in [1.807, 2.05) is 17.6 Å². The summed E-state index contributed by atoms with van der Waals surface area (Å²) < 4.78 is 7.30. The number of aryl methyl sites for hydroxylation is 1. The molecule has 0 atom stereocenters. The lowest BCUT2D eigenvalue weighted by atomic mass is 9.96. The van der Waals surface area contributed by atoms with Crippen molar-refractivity contribution >= 4 is 23.2 Å². The van der Waals surface area contributed by atoms with Gasteiger partial charge in [-0.15, -0.1) is 0 Å². The van der Waals surface area contributed by atoms with E-state index < -0.39 is 0 Å². The maximum absolute atomic E-state index is 11.1. The third-order valence-electron chi connectivity index (χ3n) is 6.56. The minimum absolute atomic E-state index is 0.0541. The number of methoxy groups -OCH3 is 1. The molecule has 1 fully saturated rings. The lowest BCUT2D eigenvalue weighted by Gasteiger charge is -2.20. The average molecular weight is 481 g/mol. The fourth-order valence-electron chi connectivity index (χ4n) is 4.63. The number of hydrogen-bond donors (Lipinski definition) is 3. The number of aldehydes is 1. The number of nitrogens with two attached hydrogens (primary N) is 1. The van der Waals surface area contributed by atoms with Crippen LogP contribution >= 0.6 is 0 Å². The van der Waals surface area contributed by atoms with Crippen LogP contribution in [0.15, 0.2) is 30.3 Å². The number of amides is 1. The van der Waals surface area contributed by atoms with Crippen LogP contribution in [0, 0.1) is 6.92 Å². The van der Waals surface area contributed by atoms with E-state index in [2.05, 4.69) is 12.4 Å². The van der Waals surface area contributed by atoms with Crippen molar-refractivity contribution in [2.24, 2.45) is 5.73 Å². The Kier molecular flexibility index (Phi) is 9.25. The summed E-state index contributed by atoms with van der Waals surface area (Å²) in [5.41, 5.74) is 8.88. The molecule has 8 heteroatoms. The Bertz CT molecular complexity index is 1170. The zero-order chi connectivity index (χ0) is 25.4. The Hall–Kier alpha value is -3.39. The van der Waals surface area contributed by atoms with E-state index in [1.165, 1.54) is 39.2 Å². The van der Waals surface area contributed by atoms with Crippen molar-refractivity contribution in [1.82, 2.24) is 14.9 Å². The summed E-state index contributed by atoms with van der Waals surface area (Å²) in [6, 6.07) is 9.47. The van der Waals surface area contributed by atoms with Crippen molar-refractivity contribution in [1.29, 1.82) is 0 Å². The van der Waals surface area contributed by atoms with Crippen LogP contribution < -0.4 is 15.8 Å². The van der Waals surface area contributed by atoms with Crippen LogP contribution in [-0.4, -0.2) is 47.1 Å². The highest BCUT2D eigenvalue weighted by atomic mass is 16.5. The first-order chi connectivity index (χ1) is 16.9. The van der Waals surface area contributed by atoms with Crippen LogP contribution in [-0.2, 0) is 11.3 Å². The lowest BCUT2D eigenvalue weighted by Crippen LogP contribution is -2.26. The molecular weight excluding hydrogens is 444 g/mol. The Morgan fingerprint density at radius 1 is 1.26 bits per heavy atom. The monoisotopic (exact) mass is 480 g/mol. The first-order valence-corrected chi connectivity index (χ1v) is 12.2. The van der Waals surface area contributed by atoms with Gasteiger partial charge in [-0.05, 0) is 63.6 Å². The van der Waals surface area contributed by atoms with Gasteiger partial charge in [0.15, 0.2) is 11.5 Å². The van der Waals surface area contributed by atoms with Gasteiger partial charge in [-0.2, -0.15) is 0 Å². The summed E-state index contributed by atoms with van der Waals surface area (Å²) in [5, 5.41) is 13.3. The molecule has 1 aromatic heterocycles. The molecule has 2 aromatic carbocycles. The predicted octanol–water partition coefficient (Wildman–Crippen LogP) is 4.34. The fraction of sp³-hybridized carbons (Fsp3) is 0.444. The van der Waals surface area contributed by atoms with E-state index in [-0.39, 0.29) is 18.1 Å². The van der Waals surface area contributed by atoms with Crippen molar-refractivity contribution in [2.75, 3.05) is 14.2 Å². The summed E-state index contributed by atoms with van der Waals surface area (Å²) >= 11 is 0. The quantitative estimate of drug-likeness (QED) is 0.413. The van der Waals surface area contributed by atoms with E-state index >= 15 is 0 Å². The second kappa shape index (κ2) is 12.4. The number of imidazole rings is 1. The molecular formula is C27H36N4O4. The van der Waals surface area contributed by atoms with Crippen LogP contribution in [0.4, 0.5) is 0 Å². The molecule has 1 amide bonds. The Balaban J connectivity index is 0.000000363. The number of ether oxygens (including phenoxy) is 1. The standard InChI is InChI=1S/C20H21N3O4.C7H15N/c1-12-14(6-8-17(25)19(12)27-2)20-22-15-10-13(11-24)5-7-16(15)23(20)9-3-4-18(21)26;1-8-7-5-3-2-4-6-7/h5-8,10-11,25H,3-4,9H2,1-2H3,(H2,21,26);7-8H,2-6H2,1H3. The summed E-state index contributed by atoms with van der Waals surface area (Å²) in [5.74, 6) is 0.759. The Morgan fingerprint density at radius 2 is 2.00 bits per heavy atom. The first kappa shape index (κ1) is 26.2. The van der Waals surface area contributed by atoms with E-state index in [4.69, 9.17) is 15.5 Å². The normalized spacial score (nSPS) is 13.8. The van der Waals surface area contributed by atoms with Crippen LogP contribution in [0.5, 0.6) is 11.5 Å². The largest absolute Gasteiger partial charge is 0.504 e. The Morgan fingerprint density at radius 3 is 2.60 bits per heavy atom. The molecule has 0 radical (unpaired) electrons. The molecule has 1 aliphatic carbocycles. The third kappa shape index (κ3) is 6.39. The van der Waals surface area contributed by atoms with Crippen LogP contribution in [0.25, 0.3) is 22.4 Å². The van der Waals surface area contributed by atoms with E-state index in [9.17, 15) is 14.7 Å². The second-order valence-corrected chi connectivity index (χ2v) is 8.94. The number of aromatic nitrogens is 2. The molecule has 0 unspecified atom stereocenters. The molecule has 1 heterocycles. The number of rotatable bonds is 8. The molecule has 4 rings (SSSR count). The number of carbonyl (C=O) groups is 2. The molecule has 0 spiro atoms. The van der Waals surface area contributed by atoms with E-state index in [1.54, 1.807) is 24.3 Å². The molecule has 0 aliphatic heterocycles. The second-order valence-electron chi connectivity index (χ2n) is 8.94. The molecule has 8 nitrogen and oxygen atoms in total. The molecule has 1 saturated carbocycles. The number of aromatic hydroxyl groups is 1. The number of benzene rings is 2. The van der Waals surface area contributed by atoms with Gasteiger partial charge in [0.25, 0.3) is 0 Å². The molecule has 4 N–H and O–H groups in total. The van der Waals surface area contributed by atoms with Gasteiger partial charge >= 0.3 is 0 Å². The van der Waals surface area contributed by atoms with Gasteiger partial charge in [0.05, 0.1) is 18.1 Å². The maximum Gasteiger partial charge on any atom is 0.217 e. The van der Waals surface area contributed by atoms with Gasteiger partial charge in [0.2, 0.25) is 5.91 Å². The third-order valence-corrected chi connectivity index (χ3v) is 6.56. The first-order valence-electron chi connectivity index (χ1n) is 12.2. The highest BCUT2D eigenvalue weighted by Gasteiger charge is 2.18. The lowest BCUT2D eigenvalue weighted by molar-refractivity contribution is -0.118. The molecule has 3 aromatic rings. The molecule has 188 valence electrons. The number of fused-ring (bicyclic) bond motifs is 1. The van der Waals surface area contributed by atoms with Gasteiger partial charge in [-0.3, -0.25) is 9.59 Å². The van der Waals surface area contributed by atoms with Crippen molar-refractivity contribution in [2.45, 2.75) is 64.5 Å².